The van der Waals surface area contributed by atoms with Crippen LogP contribution in [-0.2, 0) is 16.1 Å². The molecule has 0 radical (unpaired) electrons. The first kappa shape index (κ1) is 18.6. The van der Waals surface area contributed by atoms with Crippen LogP contribution in [0.5, 0.6) is 0 Å². The Hall–Kier alpha value is -3.22. The highest BCUT2D eigenvalue weighted by atomic mass is 32.2. The number of carboxylic acids is 1. The van der Waals surface area contributed by atoms with Gasteiger partial charge in [-0.05, 0) is 47.0 Å². The van der Waals surface area contributed by atoms with Crippen molar-refractivity contribution in [1.29, 1.82) is 0 Å². The van der Waals surface area contributed by atoms with Gasteiger partial charge in [0.25, 0.3) is 11.3 Å². The van der Waals surface area contributed by atoms with Gasteiger partial charge in [0.05, 0.1) is 11.4 Å². The fourth-order valence-electron chi connectivity index (χ4n) is 2.67. The second kappa shape index (κ2) is 8.44. The highest BCUT2D eigenvalue weighted by molar-refractivity contribution is 7.81. The largest absolute Gasteiger partial charge is 0.478 e. The minimum atomic E-state index is -2.28. The van der Waals surface area contributed by atoms with Gasteiger partial charge >= 0.3 is 5.97 Å². The Morgan fingerprint density at radius 1 is 0.852 bits per heavy atom. The van der Waals surface area contributed by atoms with E-state index in [9.17, 15) is 13.6 Å². The zero-order valence-corrected chi connectivity index (χ0v) is 15.0. The van der Waals surface area contributed by atoms with E-state index in [1.54, 1.807) is 36.4 Å². The van der Waals surface area contributed by atoms with Crippen molar-refractivity contribution in [2.75, 3.05) is 4.31 Å². The molecule has 3 rings (SSSR count). The van der Waals surface area contributed by atoms with E-state index in [4.69, 9.17) is 5.11 Å². The Morgan fingerprint density at radius 3 is 2.15 bits per heavy atom. The summed E-state index contributed by atoms with van der Waals surface area (Å²) in [6, 6.07) is 23.9. The molecule has 0 heterocycles. The van der Waals surface area contributed by atoms with E-state index in [0.717, 1.165) is 17.2 Å². The Bertz CT molecular complexity index is 985. The number of aliphatic carboxylic acids is 1. The number of carboxylic acid groups (broad SMARTS) is 1. The van der Waals surface area contributed by atoms with Crippen LogP contribution in [0.25, 0.3) is 17.2 Å². The summed E-state index contributed by atoms with van der Waals surface area (Å²) in [5.41, 5.74) is 3.71. The van der Waals surface area contributed by atoms with Crippen LogP contribution in [0.1, 0.15) is 5.56 Å². The van der Waals surface area contributed by atoms with E-state index in [2.05, 4.69) is 0 Å². The van der Waals surface area contributed by atoms with Gasteiger partial charge in [-0.1, -0.05) is 54.6 Å². The highest BCUT2D eigenvalue weighted by Gasteiger charge is 2.15. The van der Waals surface area contributed by atoms with Gasteiger partial charge < -0.3 is 5.11 Å². The van der Waals surface area contributed by atoms with Gasteiger partial charge in [0.2, 0.25) is 0 Å². The minimum Gasteiger partial charge on any atom is -0.478 e. The second-order valence-corrected chi connectivity index (χ2v) is 6.53. The van der Waals surface area contributed by atoms with Gasteiger partial charge in [0.1, 0.15) is 0 Å². The summed E-state index contributed by atoms with van der Waals surface area (Å²) >= 11 is -2.28. The fourth-order valence-corrected chi connectivity index (χ4v) is 3.27. The van der Waals surface area contributed by atoms with E-state index in [1.165, 1.54) is 10.4 Å². The molecule has 0 aromatic heterocycles. The summed E-state index contributed by atoms with van der Waals surface area (Å²) in [5.74, 6) is -1.06. The number of anilines is 2. The zero-order valence-electron chi connectivity index (χ0n) is 14.2. The highest BCUT2D eigenvalue weighted by Crippen LogP contribution is 2.30. The predicted octanol–water partition coefficient (Wildman–Crippen LogP) is 4.73. The summed E-state index contributed by atoms with van der Waals surface area (Å²) in [5, 5.41) is 8.75. The molecule has 1 unspecified atom stereocenters. The number of benzene rings is 3. The quantitative estimate of drug-likeness (QED) is 0.480. The van der Waals surface area contributed by atoms with Crippen LogP contribution in [-0.4, -0.2) is 19.8 Å². The SMILES string of the molecule is O=C(O)C=Cc1cccc(N(c2ccc(-c3ccccc3)cc2)S(=O)O)c1. The molecule has 0 amide bonds. The van der Waals surface area contributed by atoms with Crippen LogP contribution < -0.4 is 4.31 Å². The Morgan fingerprint density at radius 2 is 1.52 bits per heavy atom. The normalized spacial score (nSPS) is 12.0. The molecular formula is C21H17NO4S. The zero-order chi connectivity index (χ0) is 19.2. The molecule has 27 heavy (non-hydrogen) atoms. The first-order valence-corrected chi connectivity index (χ1v) is 9.18. The molecule has 0 aliphatic heterocycles. The maximum absolute atomic E-state index is 12.0. The molecule has 0 bridgehead atoms. The molecule has 2 N–H and O–H groups in total. The lowest BCUT2D eigenvalue weighted by molar-refractivity contribution is -0.131. The summed E-state index contributed by atoms with van der Waals surface area (Å²) in [4.78, 5) is 10.7. The van der Waals surface area contributed by atoms with E-state index >= 15 is 0 Å². The number of hydrogen-bond donors (Lipinski definition) is 2. The number of carbonyl (C=O) groups is 1. The van der Waals surface area contributed by atoms with E-state index in [0.29, 0.717) is 16.9 Å². The monoisotopic (exact) mass is 379 g/mol. The maximum atomic E-state index is 12.0. The Labute approximate surface area is 159 Å². The number of hydrogen-bond acceptors (Lipinski definition) is 2. The average Bonchev–Trinajstić information content (AvgIpc) is 2.68. The summed E-state index contributed by atoms with van der Waals surface area (Å²) < 4.78 is 23.0. The lowest BCUT2D eigenvalue weighted by Crippen LogP contribution is -2.19. The van der Waals surface area contributed by atoms with Crippen LogP contribution >= 0.6 is 0 Å². The van der Waals surface area contributed by atoms with Crippen LogP contribution in [0.15, 0.2) is 84.9 Å². The number of rotatable bonds is 6. The fraction of sp³-hybridized carbons (Fsp3) is 0. The summed E-state index contributed by atoms with van der Waals surface area (Å²) in [6.07, 6.45) is 2.46. The molecule has 0 fully saturated rings. The van der Waals surface area contributed by atoms with Crippen molar-refractivity contribution in [2.24, 2.45) is 0 Å². The minimum absolute atomic E-state index is 0.482. The summed E-state index contributed by atoms with van der Waals surface area (Å²) in [7, 11) is 0. The molecule has 5 nitrogen and oxygen atoms in total. The molecule has 3 aromatic carbocycles. The van der Waals surface area contributed by atoms with Gasteiger partial charge in [-0.15, -0.1) is 0 Å². The molecule has 0 spiro atoms. The van der Waals surface area contributed by atoms with Crippen molar-refractivity contribution >= 4 is 34.7 Å². The first-order valence-electron chi connectivity index (χ1n) is 8.12. The third-order valence-electron chi connectivity index (χ3n) is 3.89. The van der Waals surface area contributed by atoms with Gasteiger partial charge in [0.15, 0.2) is 0 Å². The van der Waals surface area contributed by atoms with E-state index in [1.807, 2.05) is 42.5 Å². The van der Waals surface area contributed by atoms with Crippen molar-refractivity contribution in [3.05, 3.63) is 90.5 Å². The second-order valence-electron chi connectivity index (χ2n) is 5.70. The van der Waals surface area contributed by atoms with Crippen molar-refractivity contribution in [3.8, 4) is 11.1 Å². The van der Waals surface area contributed by atoms with Crippen molar-refractivity contribution in [3.63, 3.8) is 0 Å². The van der Waals surface area contributed by atoms with Gasteiger partial charge in [-0.25, -0.2) is 13.3 Å². The van der Waals surface area contributed by atoms with E-state index in [-0.39, 0.29) is 0 Å². The van der Waals surface area contributed by atoms with Crippen LogP contribution in [0.4, 0.5) is 11.4 Å². The standard InChI is InChI=1S/C21H17NO4S/c23-21(24)14-9-16-5-4-8-20(15-16)22(27(25)26)19-12-10-18(11-13-19)17-6-2-1-3-7-17/h1-15H,(H,23,24)(H,25,26). The molecule has 0 saturated carbocycles. The van der Waals surface area contributed by atoms with Crippen molar-refractivity contribution in [2.45, 2.75) is 0 Å². The molecule has 1 atom stereocenters. The molecule has 136 valence electrons. The van der Waals surface area contributed by atoms with E-state index < -0.39 is 17.2 Å². The molecule has 6 heteroatoms. The van der Waals surface area contributed by atoms with Crippen LogP contribution in [0.3, 0.4) is 0 Å². The molecule has 3 aromatic rings. The lowest BCUT2D eigenvalue weighted by atomic mass is 10.1. The van der Waals surface area contributed by atoms with Gasteiger partial charge in [0, 0.05) is 6.08 Å². The molecular weight excluding hydrogens is 362 g/mol. The third kappa shape index (κ3) is 4.69. The maximum Gasteiger partial charge on any atom is 0.328 e. The van der Waals surface area contributed by atoms with Gasteiger partial charge in [-0.2, -0.15) is 0 Å². The van der Waals surface area contributed by atoms with Crippen molar-refractivity contribution < 1.29 is 18.7 Å². The topological polar surface area (TPSA) is 77.8 Å². The van der Waals surface area contributed by atoms with Crippen LogP contribution in [0.2, 0.25) is 0 Å². The first-order chi connectivity index (χ1) is 13.0. The summed E-state index contributed by atoms with van der Waals surface area (Å²) in [6.45, 7) is 0. The Balaban J connectivity index is 1.93. The predicted molar refractivity (Wildman–Crippen MR) is 108 cm³/mol. The molecule has 0 saturated heterocycles. The number of nitrogens with zero attached hydrogens (tertiary/aromatic N) is 1. The smallest absolute Gasteiger partial charge is 0.328 e. The van der Waals surface area contributed by atoms with Crippen molar-refractivity contribution in [1.82, 2.24) is 0 Å². The van der Waals surface area contributed by atoms with Gasteiger partial charge in [-0.3, -0.25) is 4.55 Å². The average molecular weight is 379 g/mol. The Kier molecular flexibility index (Phi) is 5.80. The molecule has 0 aliphatic rings. The third-order valence-corrected chi connectivity index (χ3v) is 4.62. The van der Waals surface area contributed by atoms with Crippen LogP contribution in [0, 0.1) is 0 Å². The molecule has 0 aliphatic carbocycles. The lowest BCUT2D eigenvalue weighted by Gasteiger charge is -2.20.